The monoisotopic (exact) mass is 289 g/mol. The summed E-state index contributed by atoms with van der Waals surface area (Å²) in [5.74, 6) is 0.894. The third-order valence-electron chi connectivity index (χ3n) is 4.38. The summed E-state index contributed by atoms with van der Waals surface area (Å²) in [5, 5.41) is 11.6. The van der Waals surface area contributed by atoms with Crippen molar-refractivity contribution < 1.29 is 4.79 Å². The van der Waals surface area contributed by atoms with Crippen LogP contribution in [-0.4, -0.2) is 60.3 Å². The minimum atomic E-state index is 0.00761. The number of carbonyl (C=O) groups excluding carboxylic acids is 1. The Labute approximate surface area is 125 Å². The van der Waals surface area contributed by atoms with Crippen molar-refractivity contribution >= 4 is 11.7 Å². The highest BCUT2D eigenvalue weighted by molar-refractivity contribution is 5.92. The van der Waals surface area contributed by atoms with Gasteiger partial charge in [0, 0.05) is 32.2 Å². The third-order valence-corrected chi connectivity index (χ3v) is 4.38. The first-order chi connectivity index (χ1) is 10.3. The summed E-state index contributed by atoms with van der Waals surface area (Å²) >= 11 is 0. The van der Waals surface area contributed by atoms with E-state index in [4.69, 9.17) is 0 Å². The number of rotatable bonds is 4. The Morgan fingerprint density at radius 1 is 1.24 bits per heavy atom. The average molecular weight is 289 g/mol. The van der Waals surface area contributed by atoms with Gasteiger partial charge in [0.15, 0.2) is 11.5 Å². The van der Waals surface area contributed by atoms with Gasteiger partial charge in [-0.3, -0.25) is 4.79 Å². The van der Waals surface area contributed by atoms with Crippen LogP contribution < -0.4 is 10.2 Å². The van der Waals surface area contributed by atoms with Crippen molar-refractivity contribution in [3.8, 4) is 0 Å². The standard InChI is InChI=1S/C15H23N5O/c1-16-11-12-5-4-10-20(12)15(21)13-6-7-14(18-17-13)19-8-2-3-9-19/h6-7,12,16H,2-5,8-11H2,1H3/t12-/m1/s1. The van der Waals surface area contributed by atoms with Crippen LogP contribution >= 0.6 is 0 Å². The van der Waals surface area contributed by atoms with Gasteiger partial charge in [0.25, 0.3) is 5.91 Å². The molecule has 3 heterocycles. The fourth-order valence-corrected chi connectivity index (χ4v) is 3.25. The second-order valence-corrected chi connectivity index (χ2v) is 5.82. The number of likely N-dealkylation sites (tertiary alicyclic amines) is 1. The molecule has 2 aliphatic rings. The SMILES string of the molecule is CNC[C@H]1CCCN1C(=O)c1ccc(N2CCCC2)nn1. The molecule has 0 radical (unpaired) electrons. The number of nitrogens with one attached hydrogen (secondary N) is 1. The fraction of sp³-hybridized carbons (Fsp3) is 0.667. The molecule has 1 N–H and O–H groups in total. The lowest BCUT2D eigenvalue weighted by Gasteiger charge is -2.24. The third kappa shape index (κ3) is 3.00. The van der Waals surface area contributed by atoms with Crippen LogP contribution in [0.5, 0.6) is 0 Å². The maximum atomic E-state index is 12.5. The van der Waals surface area contributed by atoms with E-state index in [0.29, 0.717) is 5.69 Å². The molecule has 21 heavy (non-hydrogen) atoms. The first-order valence-corrected chi connectivity index (χ1v) is 7.84. The molecule has 0 saturated carbocycles. The Morgan fingerprint density at radius 2 is 2.05 bits per heavy atom. The van der Waals surface area contributed by atoms with E-state index in [0.717, 1.165) is 44.8 Å². The molecule has 3 rings (SSSR count). The Hall–Kier alpha value is -1.69. The van der Waals surface area contributed by atoms with Crippen LogP contribution in [0.3, 0.4) is 0 Å². The minimum Gasteiger partial charge on any atom is -0.355 e. The smallest absolute Gasteiger partial charge is 0.274 e. The van der Waals surface area contributed by atoms with Crippen LogP contribution in [0.2, 0.25) is 0 Å². The molecule has 1 atom stereocenters. The maximum absolute atomic E-state index is 12.5. The zero-order valence-corrected chi connectivity index (χ0v) is 12.6. The molecule has 2 fully saturated rings. The largest absolute Gasteiger partial charge is 0.355 e. The van der Waals surface area contributed by atoms with Crippen LogP contribution in [0.1, 0.15) is 36.2 Å². The van der Waals surface area contributed by atoms with Gasteiger partial charge in [0.2, 0.25) is 0 Å². The molecular weight excluding hydrogens is 266 g/mol. The molecule has 114 valence electrons. The molecule has 1 aromatic rings. The first-order valence-electron chi connectivity index (χ1n) is 7.84. The van der Waals surface area contributed by atoms with Gasteiger partial charge >= 0.3 is 0 Å². The molecule has 2 aliphatic heterocycles. The second kappa shape index (κ2) is 6.39. The van der Waals surface area contributed by atoms with Crippen molar-refractivity contribution in [3.63, 3.8) is 0 Å². The summed E-state index contributed by atoms with van der Waals surface area (Å²) in [6.45, 7) is 3.74. The van der Waals surface area contributed by atoms with Crippen molar-refractivity contribution in [1.29, 1.82) is 0 Å². The van der Waals surface area contributed by atoms with Gasteiger partial charge in [-0.15, -0.1) is 10.2 Å². The second-order valence-electron chi connectivity index (χ2n) is 5.82. The quantitative estimate of drug-likeness (QED) is 0.892. The van der Waals surface area contributed by atoms with E-state index in [1.54, 1.807) is 0 Å². The minimum absolute atomic E-state index is 0.00761. The molecular formula is C15H23N5O. The number of anilines is 1. The van der Waals surface area contributed by atoms with Crippen LogP contribution in [0.25, 0.3) is 0 Å². The van der Waals surface area contributed by atoms with Crippen molar-refractivity contribution in [2.45, 2.75) is 31.7 Å². The molecule has 1 aromatic heterocycles. The summed E-state index contributed by atoms with van der Waals surface area (Å²) in [6.07, 6.45) is 4.55. The van der Waals surface area contributed by atoms with Crippen LogP contribution in [0.4, 0.5) is 5.82 Å². The molecule has 2 saturated heterocycles. The van der Waals surface area contributed by atoms with E-state index in [1.165, 1.54) is 12.8 Å². The lowest BCUT2D eigenvalue weighted by Crippen LogP contribution is -2.41. The zero-order valence-electron chi connectivity index (χ0n) is 12.6. The van der Waals surface area contributed by atoms with E-state index < -0.39 is 0 Å². The number of hydrogen-bond donors (Lipinski definition) is 1. The van der Waals surface area contributed by atoms with E-state index >= 15 is 0 Å². The topological polar surface area (TPSA) is 61.4 Å². The summed E-state index contributed by atoms with van der Waals surface area (Å²) < 4.78 is 0. The predicted octanol–water partition coefficient (Wildman–Crippen LogP) is 0.901. The van der Waals surface area contributed by atoms with Crippen molar-refractivity contribution in [3.05, 3.63) is 17.8 Å². The average Bonchev–Trinajstić information content (AvgIpc) is 3.19. The first kappa shape index (κ1) is 14.3. The van der Waals surface area contributed by atoms with Gasteiger partial charge in [0.1, 0.15) is 0 Å². The Balaban J connectivity index is 1.69. The maximum Gasteiger partial charge on any atom is 0.274 e. The highest BCUT2D eigenvalue weighted by Crippen LogP contribution is 2.20. The molecule has 0 aromatic carbocycles. The normalized spacial score (nSPS) is 22.0. The summed E-state index contributed by atoms with van der Waals surface area (Å²) in [6, 6.07) is 4.02. The lowest BCUT2D eigenvalue weighted by molar-refractivity contribution is 0.0730. The number of nitrogens with zero attached hydrogens (tertiary/aromatic N) is 4. The van der Waals surface area contributed by atoms with Gasteiger partial charge in [-0.1, -0.05) is 0 Å². The van der Waals surface area contributed by atoms with Crippen LogP contribution in [0.15, 0.2) is 12.1 Å². The van der Waals surface area contributed by atoms with Crippen molar-refractivity contribution in [2.75, 3.05) is 38.1 Å². The summed E-state index contributed by atoms with van der Waals surface area (Å²) in [4.78, 5) is 16.7. The Morgan fingerprint density at radius 3 is 2.71 bits per heavy atom. The summed E-state index contributed by atoms with van der Waals surface area (Å²) in [7, 11) is 1.92. The number of carbonyl (C=O) groups is 1. The summed E-state index contributed by atoms with van der Waals surface area (Å²) in [5.41, 5.74) is 0.459. The van der Waals surface area contributed by atoms with Crippen molar-refractivity contribution in [1.82, 2.24) is 20.4 Å². The van der Waals surface area contributed by atoms with Gasteiger partial charge in [0.05, 0.1) is 0 Å². The number of amides is 1. The molecule has 0 aliphatic carbocycles. The van der Waals surface area contributed by atoms with Gasteiger partial charge in [-0.05, 0) is 44.9 Å². The van der Waals surface area contributed by atoms with Crippen LogP contribution in [0, 0.1) is 0 Å². The highest BCUT2D eigenvalue weighted by atomic mass is 16.2. The fourth-order valence-electron chi connectivity index (χ4n) is 3.25. The number of aromatic nitrogens is 2. The van der Waals surface area contributed by atoms with Gasteiger partial charge < -0.3 is 15.1 Å². The van der Waals surface area contributed by atoms with E-state index in [9.17, 15) is 4.79 Å². The number of likely N-dealkylation sites (N-methyl/N-ethyl adjacent to an activating group) is 1. The van der Waals surface area contributed by atoms with Gasteiger partial charge in [-0.25, -0.2) is 0 Å². The number of hydrogen-bond acceptors (Lipinski definition) is 5. The predicted molar refractivity (Wildman–Crippen MR) is 81.5 cm³/mol. The Kier molecular flexibility index (Phi) is 4.34. The van der Waals surface area contributed by atoms with E-state index in [-0.39, 0.29) is 11.9 Å². The lowest BCUT2D eigenvalue weighted by atomic mass is 10.2. The van der Waals surface area contributed by atoms with Gasteiger partial charge in [-0.2, -0.15) is 0 Å². The Bertz CT molecular complexity index is 483. The van der Waals surface area contributed by atoms with E-state index in [2.05, 4.69) is 20.4 Å². The zero-order chi connectivity index (χ0) is 14.7. The molecule has 6 heteroatoms. The molecule has 0 spiro atoms. The molecule has 1 amide bonds. The molecule has 6 nitrogen and oxygen atoms in total. The molecule has 0 unspecified atom stereocenters. The highest BCUT2D eigenvalue weighted by Gasteiger charge is 2.29. The van der Waals surface area contributed by atoms with Crippen LogP contribution in [-0.2, 0) is 0 Å². The molecule has 0 bridgehead atoms. The van der Waals surface area contributed by atoms with Crippen molar-refractivity contribution in [2.24, 2.45) is 0 Å². The van der Waals surface area contributed by atoms with E-state index in [1.807, 2.05) is 24.1 Å².